The fourth-order valence-corrected chi connectivity index (χ4v) is 4.80. The minimum absolute atomic E-state index is 0.00448. The number of fused-ring (bicyclic) bond motifs is 2. The van der Waals surface area contributed by atoms with E-state index >= 15 is 0 Å². The van der Waals surface area contributed by atoms with Crippen LogP contribution in [-0.2, 0) is 0 Å². The molecule has 7 nitrogen and oxygen atoms in total. The van der Waals surface area contributed by atoms with E-state index < -0.39 is 11.2 Å². The number of aromatic hydroxyl groups is 3. The normalized spacial score (nSPS) is 20.6. The second kappa shape index (κ2) is 6.58. The SMILES string of the molecule is C=C(C)[C@H]1C[C@H](c2c(O)cc3oc4c(O)c(N=O)ccc4c(=O)c3c2O)C(C)(C)C1. The van der Waals surface area contributed by atoms with Gasteiger partial charge < -0.3 is 19.7 Å². The van der Waals surface area contributed by atoms with Crippen molar-refractivity contribution in [2.75, 3.05) is 0 Å². The highest BCUT2D eigenvalue weighted by atomic mass is 16.4. The third kappa shape index (κ3) is 2.76. The van der Waals surface area contributed by atoms with Crippen LogP contribution in [0.5, 0.6) is 17.2 Å². The second-order valence-electron chi connectivity index (χ2n) is 8.89. The molecule has 0 bridgehead atoms. The average Bonchev–Trinajstić information content (AvgIpc) is 2.98. The van der Waals surface area contributed by atoms with E-state index in [1.807, 2.05) is 6.92 Å². The van der Waals surface area contributed by atoms with E-state index in [4.69, 9.17) is 4.42 Å². The molecule has 1 saturated carbocycles. The highest BCUT2D eigenvalue weighted by molar-refractivity contribution is 5.98. The number of allylic oxidation sites excluding steroid dienone is 1. The molecule has 2 aromatic carbocycles. The summed E-state index contributed by atoms with van der Waals surface area (Å²) in [4.78, 5) is 24.0. The monoisotopic (exact) mass is 409 g/mol. The standard InChI is InChI=1S/C23H23NO6/c1-10(2)11-7-13(23(3,4)9-11)17-15(25)8-16-18(21(17)28)19(26)12-5-6-14(24-29)20(27)22(12)30-16/h5-6,8,11,13,25,27-28H,1,7,9H2,2-4H3/t11-,13+/m0/s1. The van der Waals surface area contributed by atoms with Crippen LogP contribution in [0.15, 0.2) is 44.7 Å². The van der Waals surface area contributed by atoms with E-state index in [1.165, 1.54) is 18.2 Å². The molecule has 2 atom stereocenters. The smallest absolute Gasteiger partial charge is 0.204 e. The minimum Gasteiger partial charge on any atom is -0.507 e. The van der Waals surface area contributed by atoms with Gasteiger partial charge in [-0.1, -0.05) is 26.0 Å². The molecule has 1 aromatic heterocycles. The van der Waals surface area contributed by atoms with Crippen molar-refractivity contribution in [3.8, 4) is 17.2 Å². The summed E-state index contributed by atoms with van der Waals surface area (Å²) in [6.07, 6.45) is 1.55. The molecule has 0 unspecified atom stereocenters. The van der Waals surface area contributed by atoms with Crippen LogP contribution in [-0.4, -0.2) is 15.3 Å². The molecule has 4 rings (SSSR count). The van der Waals surface area contributed by atoms with Crippen molar-refractivity contribution in [1.29, 1.82) is 0 Å². The number of phenols is 3. The van der Waals surface area contributed by atoms with Crippen LogP contribution in [0, 0.1) is 16.2 Å². The van der Waals surface area contributed by atoms with Gasteiger partial charge in [-0.15, -0.1) is 4.91 Å². The third-order valence-corrected chi connectivity index (χ3v) is 6.46. The Morgan fingerprint density at radius 3 is 2.53 bits per heavy atom. The first-order valence-electron chi connectivity index (χ1n) is 9.73. The van der Waals surface area contributed by atoms with E-state index in [0.29, 0.717) is 12.0 Å². The van der Waals surface area contributed by atoms with Crippen molar-refractivity contribution < 1.29 is 19.7 Å². The number of nitroso groups, excluding NO2 is 1. The van der Waals surface area contributed by atoms with Gasteiger partial charge in [-0.25, -0.2) is 0 Å². The molecule has 0 saturated heterocycles. The zero-order valence-corrected chi connectivity index (χ0v) is 17.0. The lowest BCUT2D eigenvalue weighted by atomic mass is 9.76. The summed E-state index contributed by atoms with van der Waals surface area (Å²) < 4.78 is 5.61. The molecule has 0 radical (unpaired) electrons. The average molecular weight is 409 g/mol. The van der Waals surface area contributed by atoms with E-state index in [1.54, 1.807) is 0 Å². The minimum atomic E-state index is -0.565. The largest absolute Gasteiger partial charge is 0.507 e. The Bertz CT molecular complexity index is 1290. The zero-order chi connectivity index (χ0) is 22.0. The van der Waals surface area contributed by atoms with Gasteiger partial charge in [0.1, 0.15) is 22.5 Å². The van der Waals surface area contributed by atoms with Gasteiger partial charge in [0.25, 0.3) is 0 Å². The molecule has 1 fully saturated rings. The summed E-state index contributed by atoms with van der Waals surface area (Å²) in [5, 5.41) is 34.7. The van der Waals surface area contributed by atoms with Crippen LogP contribution in [0.1, 0.15) is 45.1 Å². The molecule has 1 heterocycles. The first kappa shape index (κ1) is 19.9. The van der Waals surface area contributed by atoms with Crippen molar-refractivity contribution in [2.24, 2.45) is 16.5 Å². The van der Waals surface area contributed by atoms with Gasteiger partial charge in [0.05, 0.1) is 5.39 Å². The lowest BCUT2D eigenvalue weighted by molar-refractivity contribution is 0.311. The van der Waals surface area contributed by atoms with E-state index in [2.05, 4.69) is 25.6 Å². The predicted molar refractivity (Wildman–Crippen MR) is 114 cm³/mol. The maximum atomic E-state index is 13.1. The molecule has 1 aliphatic carbocycles. The van der Waals surface area contributed by atoms with Crippen LogP contribution >= 0.6 is 0 Å². The van der Waals surface area contributed by atoms with E-state index in [-0.39, 0.29) is 56.4 Å². The summed E-state index contributed by atoms with van der Waals surface area (Å²) in [6, 6.07) is 3.80. The summed E-state index contributed by atoms with van der Waals surface area (Å²) in [5.74, 6) is -1.01. The molecule has 1 aliphatic rings. The van der Waals surface area contributed by atoms with Gasteiger partial charge in [0.2, 0.25) is 5.43 Å². The summed E-state index contributed by atoms with van der Waals surface area (Å²) in [5.41, 5.74) is -0.00843. The number of hydrogen-bond donors (Lipinski definition) is 3. The van der Waals surface area contributed by atoms with Crippen LogP contribution in [0.25, 0.3) is 21.9 Å². The van der Waals surface area contributed by atoms with Gasteiger partial charge in [0, 0.05) is 11.6 Å². The van der Waals surface area contributed by atoms with Crippen molar-refractivity contribution >= 4 is 27.6 Å². The lowest BCUT2D eigenvalue weighted by Gasteiger charge is -2.28. The molecule has 0 aliphatic heterocycles. The van der Waals surface area contributed by atoms with Gasteiger partial charge >= 0.3 is 0 Å². The topological polar surface area (TPSA) is 120 Å². The Morgan fingerprint density at radius 1 is 1.23 bits per heavy atom. The highest BCUT2D eigenvalue weighted by Crippen LogP contribution is 2.57. The van der Waals surface area contributed by atoms with Crippen LogP contribution < -0.4 is 5.43 Å². The Balaban J connectivity index is 2.02. The van der Waals surface area contributed by atoms with Gasteiger partial charge in [-0.2, -0.15) is 0 Å². The van der Waals surface area contributed by atoms with Gasteiger partial charge in [-0.05, 0) is 54.3 Å². The zero-order valence-electron chi connectivity index (χ0n) is 17.0. The third-order valence-electron chi connectivity index (χ3n) is 6.46. The molecular formula is C23H23NO6. The highest BCUT2D eigenvalue weighted by Gasteiger charge is 2.44. The van der Waals surface area contributed by atoms with Gasteiger partial charge in [-0.3, -0.25) is 4.79 Å². The number of rotatable bonds is 3. The molecule has 30 heavy (non-hydrogen) atoms. The van der Waals surface area contributed by atoms with Crippen molar-refractivity contribution in [2.45, 2.75) is 39.5 Å². The fourth-order valence-electron chi connectivity index (χ4n) is 4.80. The predicted octanol–water partition coefficient (Wildman–Crippen LogP) is 5.56. The van der Waals surface area contributed by atoms with Crippen LogP contribution in [0.3, 0.4) is 0 Å². The van der Waals surface area contributed by atoms with E-state index in [0.717, 1.165) is 12.0 Å². The van der Waals surface area contributed by atoms with Crippen molar-refractivity contribution in [1.82, 2.24) is 0 Å². The fraction of sp³-hybridized carbons (Fsp3) is 0.348. The van der Waals surface area contributed by atoms with Crippen molar-refractivity contribution in [3.05, 3.63) is 51.0 Å². The Hall–Kier alpha value is -3.35. The van der Waals surface area contributed by atoms with E-state index in [9.17, 15) is 25.0 Å². The number of nitrogens with zero attached hydrogens (tertiary/aromatic N) is 1. The lowest BCUT2D eigenvalue weighted by Crippen LogP contribution is -2.16. The maximum Gasteiger partial charge on any atom is 0.204 e. The number of hydrogen-bond acceptors (Lipinski definition) is 7. The summed E-state index contributed by atoms with van der Waals surface area (Å²) in [7, 11) is 0. The maximum absolute atomic E-state index is 13.1. The molecule has 3 N–H and O–H groups in total. The first-order valence-corrected chi connectivity index (χ1v) is 9.73. The molecule has 7 heteroatoms. The van der Waals surface area contributed by atoms with Crippen molar-refractivity contribution in [3.63, 3.8) is 0 Å². The first-order chi connectivity index (χ1) is 14.1. The summed E-state index contributed by atoms with van der Waals surface area (Å²) in [6.45, 7) is 10.2. The number of benzene rings is 2. The van der Waals surface area contributed by atoms with Gasteiger partial charge in [0.15, 0.2) is 17.0 Å². The van der Waals surface area contributed by atoms with Crippen LogP contribution in [0.4, 0.5) is 5.69 Å². The Labute approximate surface area is 172 Å². The second-order valence-corrected chi connectivity index (χ2v) is 8.89. The molecule has 0 spiro atoms. The molecule has 156 valence electrons. The molecule has 3 aromatic rings. The Kier molecular flexibility index (Phi) is 4.38. The number of phenolic OH excluding ortho intramolecular Hbond substituents is 3. The quantitative estimate of drug-likeness (QED) is 0.296. The molecular weight excluding hydrogens is 386 g/mol. The molecule has 0 amide bonds. The Morgan fingerprint density at radius 2 is 1.93 bits per heavy atom. The summed E-state index contributed by atoms with van der Waals surface area (Å²) >= 11 is 0. The van der Waals surface area contributed by atoms with Crippen LogP contribution in [0.2, 0.25) is 0 Å².